The summed E-state index contributed by atoms with van der Waals surface area (Å²) in [5, 5.41) is 2.85. The molecule has 3 heteroatoms. The van der Waals surface area contributed by atoms with E-state index in [0.717, 1.165) is 5.56 Å². The third kappa shape index (κ3) is 3.41. The van der Waals surface area contributed by atoms with Crippen LogP contribution in [-0.2, 0) is 0 Å². The highest BCUT2D eigenvalue weighted by Gasteiger charge is 2.11. The van der Waals surface area contributed by atoms with Crippen LogP contribution in [-0.4, -0.2) is 5.91 Å². The largest absolute Gasteiger partial charge is 0.346 e. The minimum absolute atomic E-state index is 0.114. The van der Waals surface area contributed by atoms with E-state index in [0.29, 0.717) is 5.56 Å². The Labute approximate surface area is 112 Å². The van der Waals surface area contributed by atoms with Crippen molar-refractivity contribution in [3.63, 3.8) is 0 Å². The standard InChI is InChI=1S/C16H16FNO/c1-11-6-8-13(9-7-11)12(2)18-16(19)14-4-3-5-15(17)10-14/h3-10,12H,1-2H3,(H,18,19). The van der Waals surface area contributed by atoms with E-state index in [9.17, 15) is 9.18 Å². The van der Waals surface area contributed by atoms with Crippen molar-refractivity contribution < 1.29 is 9.18 Å². The normalized spacial score (nSPS) is 11.9. The van der Waals surface area contributed by atoms with E-state index < -0.39 is 5.82 Å². The van der Waals surface area contributed by atoms with Crippen molar-refractivity contribution in [3.8, 4) is 0 Å². The van der Waals surface area contributed by atoms with Gasteiger partial charge in [0.15, 0.2) is 0 Å². The van der Waals surface area contributed by atoms with Crippen molar-refractivity contribution in [2.75, 3.05) is 0 Å². The molecule has 1 atom stereocenters. The predicted octanol–water partition coefficient (Wildman–Crippen LogP) is 3.63. The predicted molar refractivity (Wildman–Crippen MR) is 73.5 cm³/mol. The third-order valence-electron chi connectivity index (χ3n) is 3.01. The molecule has 0 bridgehead atoms. The van der Waals surface area contributed by atoms with Crippen molar-refractivity contribution in [2.24, 2.45) is 0 Å². The van der Waals surface area contributed by atoms with Gasteiger partial charge < -0.3 is 5.32 Å². The van der Waals surface area contributed by atoms with Gasteiger partial charge in [-0.2, -0.15) is 0 Å². The van der Waals surface area contributed by atoms with Crippen LogP contribution in [0.2, 0.25) is 0 Å². The monoisotopic (exact) mass is 257 g/mol. The highest BCUT2D eigenvalue weighted by molar-refractivity contribution is 5.94. The van der Waals surface area contributed by atoms with Crippen LogP contribution in [0.1, 0.15) is 34.5 Å². The Hall–Kier alpha value is -2.16. The van der Waals surface area contributed by atoms with Crippen molar-refractivity contribution >= 4 is 5.91 Å². The second kappa shape index (κ2) is 5.65. The lowest BCUT2D eigenvalue weighted by Gasteiger charge is -2.14. The van der Waals surface area contributed by atoms with E-state index >= 15 is 0 Å². The fourth-order valence-corrected chi connectivity index (χ4v) is 1.85. The van der Waals surface area contributed by atoms with Crippen LogP contribution in [0.25, 0.3) is 0 Å². The minimum Gasteiger partial charge on any atom is -0.346 e. The Morgan fingerprint density at radius 3 is 2.47 bits per heavy atom. The fourth-order valence-electron chi connectivity index (χ4n) is 1.85. The molecule has 0 saturated carbocycles. The topological polar surface area (TPSA) is 29.1 Å². The van der Waals surface area contributed by atoms with Gasteiger partial charge in [0.1, 0.15) is 5.82 Å². The molecule has 0 fully saturated rings. The molecule has 0 aliphatic heterocycles. The molecule has 19 heavy (non-hydrogen) atoms. The molecule has 2 nitrogen and oxygen atoms in total. The summed E-state index contributed by atoms with van der Waals surface area (Å²) >= 11 is 0. The first kappa shape index (κ1) is 13.3. The molecule has 2 aromatic carbocycles. The zero-order valence-electron chi connectivity index (χ0n) is 11.0. The van der Waals surface area contributed by atoms with Crippen molar-refractivity contribution in [2.45, 2.75) is 19.9 Å². The quantitative estimate of drug-likeness (QED) is 0.893. The number of rotatable bonds is 3. The van der Waals surface area contributed by atoms with Gasteiger partial charge in [-0.1, -0.05) is 35.9 Å². The van der Waals surface area contributed by atoms with Crippen molar-refractivity contribution in [3.05, 3.63) is 71.0 Å². The lowest BCUT2D eigenvalue weighted by Crippen LogP contribution is -2.26. The number of hydrogen-bond acceptors (Lipinski definition) is 1. The lowest BCUT2D eigenvalue weighted by atomic mass is 10.1. The second-order valence-corrected chi connectivity index (χ2v) is 4.62. The highest BCUT2D eigenvalue weighted by atomic mass is 19.1. The van der Waals surface area contributed by atoms with Gasteiger partial charge in [0.05, 0.1) is 6.04 Å². The number of carbonyl (C=O) groups is 1. The lowest BCUT2D eigenvalue weighted by molar-refractivity contribution is 0.0939. The summed E-state index contributed by atoms with van der Waals surface area (Å²) in [5.41, 5.74) is 2.53. The fraction of sp³-hybridized carbons (Fsp3) is 0.188. The van der Waals surface area contributed by atoms with Gasteiger partial charge in [-0.05, 0) is 37.6 Å². The first-order chi connectivity index (χ1) is 9.06. The van der Waals surface area contributed by atoms with Crippen molar-refractivity contribution in [1.29, 1.82) is 0 Å². The van der Waals surface area contributed by atoms with Crippen LogP contribution in [0.15, 0.2) is 48.5 Å². The van der Waals surface area contributed by atoms with Crippen LogP contribution in [0.3, 0.4) is 0 Å². The average Bonchev–Trinajstić information content (AvgIpc) is 2.39. The Bertz CT molecular complexity index is 578. The summed E-state index contributed by atoms with van der Waals surface area (Å²) < 4.78 is 13.1. The first-order valence-corrected chi connectivity index (χ1v) is 6.19. The number of benzene rings is 2. The molecule has 0 spiro atoms. The van der Waals surface area contributed by atoms with Crippen molar-refractivity contribution in [1.82, 2.24) is 5.32 Å². The molecule has 1 N–H and O–H groups in total. The molecule has 0 saturated heterocycles. The molecule has 2 rings (SSSR count). The Morgan fingerprint density at radius 2 is 1.84 bits per heavy atom. The van der Waals surface area contributed by atoms with Gasteiger partial charge >= 0.3 is 0 Å². The van der Waals surface area contributed by atoms with Crippen LogP contribution in [0, 0.1) is 12.7 Å². The first-order valence-electron chi connectivity index (χ1n) is 6.19. The van der Waals surface area contributed by atoms with Crippen LogP contribution >= 0.6 is 0 Å². The minimum atomic E-state index is -0.407. The summed E-state index contributed by atoms with van der Waals surface area (Å²) in [5.74, 6) is -0.678. The van der Waals surface area contributed by atoms with Gasteiger partial charge in [-0.25, -0.2) is 4.39 Å². The second-order valence-electron chi connectivity index (χ2n) is 4.62. The Morgan fingerprint density at radius 1 is 1.16 bits per heavy atom. The maximum absolute atomic E-state index is 13.1. The molecular weight excluding hydrogens is 241 g/mol. The number of amides is 1. The van der Waals surface area contributed by atoms with E-state index in [1.165, 1.54) is 23.8 Å². The van der Waals surface area contributed by atoms with Gasteiger partial charge in [-0.3, -0.25) is 4.79 Å². The number of carbonyl (C=O) groups excluding carboxylic acids is 1. The molecule has 0 aliphatic carbocycles. The van der Waals surface area contributed by atoms with E-state index in [-0.39, 0.29) is 11.9 Å². The van der Waals surface area contributed by atoms with Gasteiger partial charge in [0.25, 0.3) is 5.91 Å². The van der Waals surface area contributed by atoms with E-state index in [2.05, 4.69) is 5.32 Å². The molecule has 98 valence electrons. The molecular formula is C16H16FNO. The summed E-state index contributed by atoms with van der Waals surface area (Å²) in [4.78, 5) is 12.0. The summed E-state index contributed by atoms with van der Waals surface area (Å²) in [6.45, 7) is 3.92. The maximum atomic E-state index is 13.1. The van der Waals surface area contributed by atoms with Crippen LogP contribution < -0.4 is 5.32 Å². The number of nitrogens with one attached hydrogen (secondary N) is 1. The number of halogens is 1. The van der Waals surface area contributed by atoms with Gasteiger partial charge in [-0.15, -0.1) is 0 Å². The zero-order valence-corrected chi connectivity index (χ0v) is 11.0. The highest BCUT2D eigenvalue weighted by Crippen LogP contribution is 2.14. The summed E-state index contributed by atoms with van der Waals surface area (Å²) in [6.07, 6.45) is 0. The summed E-state index contributed by atoms with van der Waals surface area (Å²) in [6, 6.07) is 13.5. The number of aryl methyl sites for hydroxylation is 1. The van der Waals surface area contributed by atoms with Crippen LogP contribution in [0.5, 0.6) is 0 Å². The average molecular weight is 257 g/mol. The number of hydrogen-bond donors (Lipinski definition) is 1. The SMILES string of the molecule is Cc1ccc(C(C)NC(=O)c2cccc(F)c2)cc1. The van der Waals surface area contributed by atoms with E-state index in [1.54, 1.807) is 6.07 Å². The summed E-state index contributed by atoms with van der Waals surface area (Å²) in [7, 11) is 0. The van der Waals surface area contributed by atoms with Crippen LogP contribution in [0.4, 0.5) is 4.39 Å². The Balaban J connectivity index is 2.08. The molecule has 0 radical (unpaired) electrons. The molecule has 2 aromatic rings. The smallest absolute Gasteiger partial charge is 0.251 e. The Kier molecular flexibility index (Phi) is 3.95. The maximum Gasteiger partial charge on any atom is 0.251 e. The molecule has 1 amide bonds. The molecule has 0 aliphatic rings. The van der Waals surface area contributed by atoms with Gasteiger partial charge in [0, 0.05) is 5.56 Å². The zero-order chi connectivity index (χ0) is 13.8. The molecule has 0 aromatic heterocycles. The molecule has 0 heterocycles. The third-order valence-corrected chi connectivity index (χ3v) is 3.01. The van der Waals surface area contributed by atoms with E-state index in [1.807, 2.05) is 38.1 Å². The van der Waals surface area contributed by atoms with E-state index in [4.69, 9.17) is 0 Å². The van der Waals surface area contributed by atoms with Gasteiger partial charge in [0.2, 0.25) is 0 Å². The molecule has 1 unspecified atom stereocenters.